The zero-order valence-corrected chi connectivity index (χ0v) is 15.6. The van der Waals surface area contributed by atoms with Gasteiger partial charge in [-0.15, -0.1) is 0 Å². The smallest absolute Gasteiger partial charge is 0.253 e. The van der Waals surface area contributed by atoms with Crippen LogP contribution in [-0.4, -0.2) is 46.2 Å². The molecule has 1 amide bonds. The first kappa shape index (κ1) is 18.3. The highest BCUT2D eigenvalue weighted by Crippen LogP contribution is 2.24. The number of carbonyl (C=O) groups excluding carboxylic acids is 2. The molecule has 26 heavy (non-hydrogen) atoms. The van der Waals surface area contributed by atoms with Crippen LogP contribution in [0.2, 0.25) is 0 Å². The predicted molar refractivity (Wildman–Crippen MR) is 100 cm³/mol. The Morgan fingerprint density at radius 3 is 2.62 bits per heavy atom. The van der Waals surface area contributed by atoms with Crippen molar-refractivity contribution < 1.29 is 9.59 Å². The van der Waals surface area contributed by atoms with Crippen LogP contribution >= 0.6 is 0 Å². The molecule has 6 nitrogen and oxygen atoms in total. The van der Waals surface area contributed by atoms with E-state index < -0.39 is 0 Å². The molecule has 0 unspecified atom stereocenters. The van der Waals surface area contributed by atoms with Gasteiger partial charge in [-0.2, -0.15) is 0 Å². The molecule has 0 saturated carbocycles. The number of aryl methyl sites for hydroxylation is 1. The molecule has 0 radical (unpaired) electrons. The Hall–Kier alpha value is -2.47. The van der Waals surface area contributed by atoms with E-state index in [1.54, 1.807) is 6.20 Å². The highest BCUT2D eigenvalue weighted by atomic mass is 16.1. The van der Waals surface area contributed by atoms with E-state index in [0.717, 1.165) is 24.3 Å². The standard InChI is InChI=1S/C20H26N4O2/c1-13-18(14(2)23-19(13)15(3)25)20(26)22-12-17(24-9-4-5-10-24)16-7-6-8-21-11-16/h6-8,11,17,23H,4-5,9-10,12H2,1-3H3,(H,22,26)/t17-/m1/s1. The van der Waals surface area contributed by atoms with Crippen molar-refractivity contribution in [2.75, 3.05) is 19.6 Å². The molecular formula is C20H26N4O2. The van der Waals surface area contributed by atoms with E-state index in [0.29, 0.717) is 23.4 Å². The number of H-pyrrole nitrogens is 1. The number of pyridine rings is 1. The third kappa shape index (κ3) is 3.70. The summed E-state index contributed by atoms with van der Waals surface area (Å²) in [5.74, 6) is -0.202. The van der Waals surface area contributed by atoms with Gasteiger partial charge in [-0.3, -0.25) is 19.5 Å². The molecule has 3 rings (SSSR count). The van der Waals surface area contributed by atoms with Crippen molar-refractivity contribution in [2.45, 2.75) is 39.7 Å². The second-order valence-electron chi connectivity index (χ2n) is 6.94. The van der Waals surface area contributed by atoms with Gasteiger partial charge in [0.1, 0.15) is 0 Å². The molecule has 1 aliphatic heterocycles. The first-order valence-corrected chi connectivity index (χ1v) is 9.11. The maximum atomic E-state index is 12.8. The topological polar surface area (TPSA) is 78.1 Å². The van der Waals surface area contributed by atoms with E-state index in [4.69, 9.17) is 0 Å². The molecule has 1 atom stereocenters. The molecule has 6 heteroatoms. The zero-order chi connectivity index (χ0) is 18.7. The fourth-order valence-electron chi connectivity index (χ4n) is 3.80. The van der Waals surface area contributed by atoms with Crippen LogP contribution in [0.5, 0.6) is 0 Å². The summed E-state index contributed by atoms with van der Waals surface area (Å²) in [6.07, 6.45) is 6.00. The van der Waals surface area contributed by atoms with E-state index in [1.807, 2.05) is 26.1 Å². The summed E-state index contributed by atoms with van der Waals surface area (Å²) < 4.78 is 0. The quantitative estimate of drug-likeness (QED) is 0.782. The molecule has 1 saturated heterocycles. The van der Waals surface area contributed by atoms with Crippen molar-refractivity contribution >= 4 is 11.7 Å². The number of carbonyl (C=O) groups is 2. The first-order valence-electron chi connectivity index (χ1n) is 9.11. The van der Waals surface area contributed by atoms with Crippen LogP contribution < -0.4 is 5.32 Å². The normalized spacial score (nSPS) is 15.8. The number of likely N-dealkylation sites (tertiary alicyclic amines) is 1. The molecule has 1 fully saturated rings. The SMILES string of the molecule is CC(=O)c1[nH]c(C)c(C(=O)NC[C@H](c2cccnc2)N2CCCC2)c1C. The second kappa shape index (κ2) is 7.83. The Balaban J connectivity index is 1.77. The zero-order valence-electron chi connectivity index (χ0n) is 15.6. The minimum atomic E-state index is -0.142. The Morgan fingerprint density at radius 1 is 1.31 bits per heavy atom. The van der Waals surface area contributed by atoms with Crippen molar-refractivity contribution in [1.82, 2.24) is 20.2 Å². The van der Waals surface area contributed by atoms with E-state index in [9.17, 15) is 9.59 Å². The number of rotatable bonds is 6. The fourth-order valence-corrected chi connectivity index (χ4v) is 3.80. The summed E-state index contributed by atoms with van der Waals surface area (Å²) in [5, 5.41) is 3.07. The van der Waals surface area contributed by atoms with Crippen LogP contribution in [0.3, 0.4) is 0 Å². The van der Waals surface area contributed by atoms with E-state index >= 15 is 0 Å². The van der Waals surface area contributed by atoms with Gasteiger partial charge in [-0.25, -0.2) is 0 Å². The average Bonchev–Trinajstić information content (AvgIpc) is 3.24. The maximum Gasteiger partial charge on any atom is 0.253 e. The summed E-state index contributed by atoms with van der Waals surface area (Å²) in [4.78, 5) is 34.2. The number of aromatic nitrogens is 2. The van der Waals surface area contributed by atoms with Crippen molar-refractivity contribution in [3.63, 3.8) is 0 Å². The molecule has 2 aromatic heterocycles. The Morgan fingerprint density at radius 2 is 2.04 bits per heavy atom. The van der Waals surface area contributed by atoms with Gasteiger partial charge in [0.2, 0.25) is 0 Å². The van der Waals surface area contributed by atoms with Gasteiger partial charge < -0.3 is 10.3 Å². The summed E-state index contributed by atoms with van der Waals surface area (Å²) in [7, 11) is 0. The van der Waals surface area contributed by atoms with E-state index in [-0.39, 0.29) is 17.7 Å². The molecule has 138 valence electrons. The lowest BCUT2D eigenvalue weighted by Crippen LogP contribution is -2.37. The van der Waals surface area contributed by atoms with Gasteiger partial charge in [0.15, 0.2) is 5.78 Å². The minimum absolute atomic E-state index is 0.0602. The Kier molecular flexibility index (Phi) is 5.52. The van der Waals surface area contributed by atoms with Gasteiger partial charge in [0.25, 0.3) is 5.91 Å². The second-order valence-corrected chi connectivity index (χ2v) is 6.94. The number of hydrogen-bond donors (Lipinski definition) is 2. The van der Waals surface area contributed by atoms with Gasteiger partial charge in [0, 0.05) is 31.6 Å². The predicted octanol–water partition coefficient (Wildman–Crippen LogP) is 2.80. The minimum Gasteiger partial charge on any atom is -0.355 e. The lowest BCUT2D eigenvalue weighted by Gasteiger charge is -2.28. The lowest BCUT2D eigenvalue weighted by molar-refractivity contribution is 0.0936. The van der Waals surface area contributed by atoms with Crippen LogP contribution in [0.1, 0.15) is 63.5 Å². The number of aromatic amines is 1. The highest BCUT2D eigenvalue weighted by Gasteiger charge is 2.26. The summed E-state index contributed by atoms with van der Waals surface area (Å²) in [6.45, 7) is 7.73. The summed E-state index contributed by atoms with van der Waals surface area (Å²) in [6, 6.07) is 4.10. The number of amides is 1. The average molecular weight is 354 g/mol. The molecular weight excluding hydrogens is 328 g/mol. The Bertz CT molecular complexity index is 792. The summed E-state index contributed by atoms with van der Waals surface area (Å²) in [5.41, 5.74) is 3.63. The van der Waals surface area contributed by atoms with Crippen LogP contribution in [0.25, 0.3) is 0 Å². The maximum absolute atomic E-state index is 12.8. The molecule has 0 aromatic carbocycles. The van der Waals surface area contributed by atoms with Crippen molar-refractivity contribution in [1.29, 1.82) is 0 Å². The van der Waals surface area contributed by atoms with Crippen LogP contribution in [0, 0.1) is 13.8 Å². The summed E-state index contributed by atoms with van der Waals surface area (Å²) >= 11 is 0. The number of Topliss-reactive ketones (excluding diaryl/α,β-unsaturated/α-hetero) is 1. The van der Waals surface area contributed by atoms with Gasteiger partial charge >= 0.3 is 0 Å². The van der Waals surface area contributed by atoms with Crippen LogP contribution in [0.4, 0.5) is 0 Å². The number of hydrogen-bond acceptors (Lipinski definition) is 4. The molecule has 0 aliphatic carbocycles. The largest absolute Gasteiger partial charge is 0.355 e. The van der Waals surface area contributed by atoms with E-state index in [2.05, 4.69) is 26.3 Å². The van der Waals surface area contributed by atoms with Gasteiger partial charge in [0.05, 0.1) is 17.3 Å². The molecule has 2 N–H and O–H groups in total. The fraction of sp³-hybridized carbons (Fsp3) is 0.450. The van der Waals surface area contributed by atoms with Crippen molar-refractivity contribution in [3.05, 3.63) is 52.6 Å². The highest BCUT2D eigenvalue weighted by molar-refractivity contribution is 6.02. The van der Waals surface area contributed by atoms with Crippen molar-refractivity contribution in [3.8, 4) is 0 Å². The Labute approximate surface area is 154 Å². The van der Waals surface area contributed by atoms with Gasteiger partial charge in [-0.1, -0.05) is 6.07 Å². The molecule has 1 aliphatic rings. The molecule has 2 aromatic rings. The first-order chi connectivity index (χ1) is 12.5. The van der Waals surface area contributed by atoms with Crippen LogP contribution in [-0.2, 0) is 0 Å². The van der Waals surface area contributed by atoms with E-state index in [1.165, 1.54) is 19.8 Å². The van der Waals surface area contributed by atoms with Gasteiger partial charge in [-0.05, 0) is 57.0 Å². The third-order valence-corrected chi connectivity index (χ3v) is 5.12. The monoisotopic (exact) mass is 354 g/mol. The molecule has 0 spiro atoms. The van der Waals surface area contributed by atoms with Crippen LogP contribution in [0.15, 0.2) is 24.5 Å². The third-order valence-electron chi connectivity index (χ3n) is 5.12. The van der Waals surface area contributed by atoms with Crippen molar-refractivity contribution in [2.24, 2.45) is 0 Å². The molecule has 0 bridgehead atoms. The number of nitrogens with zero attached hydrogens (tertiary/aromatic N) is 2. The lowest BCUT2D eigenvalue weighted by atomic mass is 10.1. The molecule has 3 heterocycles. The number of ketones is 1. The number of nitrogens with one attached hydrogen (secondary N) is 2.